The molecular formula is C15H16FN3O4. The van der Waals surface area contributed by atoms with E-state index < -0.39 is 12.0 Å². The van der Waals surface area contributed by atoms with Gasteiger partial charge in [0, 0.05) is 0 Å². The van der Waals surface area contributed by atoms with Crippen LogP contribution in [0.4, 0.5) is 4.39 Å². The maximum atomic E-state index is 12.8. The van der Waals surface area contributed by atoms with Crippen molar-refractivity contribution in [2.75, 3.05) is 6.54 Å². The third-order valence-corrected chi connectivity index (χ3v) is 3.68. The number of carbonyl (C=O) groups is 1. The molecule has 1 aliphatic heterocycles. The minimum absolute atomic E-state index is 0.0947. The van der Waals surface area contributed by atoms with Gasteiger partial charge in [0.05, 0.1) is 6.54 Å². The van der Waals surface area contributed by atoms with E-state index in [-0.39, 0.29) is 12.4 Å². The summed E-state index contributed by atoms with van der Waals surface area (Å²) in [5.41, 5.74) is 0. The van der Waals surface area contributed by atoms with Crippen molar-refractivity contribution in [3.05, 3.63) is 41.8 Å². The number of likely N-dealkylation sites (tertiary alicyclic amines) is 1. The first-order valence-corrected chi connectivity index (χ1v) is 7.28. The number of hydrogen-bond acceptors (Lipinski definition) is 6. The molecule has 1 unspecified atom stereocenters. The van der Waals surface area contributed by atoms with Crippen LogP contribution in [-0.2, 0) is 17.9 Å². The fraction of sp³-hybridized carbons (Fsp3) is 0.400. The molecule has 0 radical (unpaired) electrons. The van der Waals surface area contributed by atoms with E-state index in [9.17, 15) is 9.18 Å². The second kappa shape index (κ2) is 6.74. The molecule has 0 saturated carbocycles. The Morgan fingerprint density at radius 3 is 2.96 bits per heavy atom. The molecule has 23 heavy (non-hydrogen) atoms. The number of benzene rings is 1. The zero-order valence-corrected chi connectivity index (χ0v) is 12.3. The highest BCUT2D eigenvalue weighted by molar-refractivity contribution is 5.73. The van der Waals surface area contributed by atoms with E-state index in [2.05, 4.69) is 10.1 Å². The van der Waals surface area contributed by atoms with Crippen LogP contribution in [0.1, 0.15) is 24.6 Å². The number of ether oxygens (including phenoxy) is 1. The van der Waals surface area contributed by atoms with Crippen LogP contribution in [0.3, 0.4) is 0 Å². The van der Waals surface area contributed by atoms with E-state index in [4.69, 9.17) is 14.4 Å². The molecular weight excluding hydrogens is 305 g/mol. The van der Waals surface area contributed by atoms with Gasteiger partial charge in [-0.2, -0.15) is 4.98 Å². The Labute approximate surface area is 131 Å². The quantitative estimate of drug-likeness (QED) is 0.868. The summed E-state index contributed by atoms with van der Waals surface area (Å²) in [6, 6.07) is 5.13. The summed E-state index contributed by atoms with van der Waals surface area (Å²) in [6.45, 7) is 1.10. The van der Waals surface area contributed by atoms with Crippen LogP contribution in [0, 0.1) is 5.82 Å². The molecule has 1 aromatic heterocycles. The first-order chi connectivity index (χ1) is 11.1. The lowest BCUT2D eigenvalue weighted by atomic mass is 10.2. The van der Waals surface area contributed by atoms with Gasteiger partial charge in [-0.15, -0.1) is 0 Å². The van der Waals surface area contributed by atoms with E-state index in [1.54, 1.807) is 4.90 Å². The first-order valence-electron chi connectivity index (χ1n) is 7.28. The lowest BCUT2D eigenvalue weighted by Crippen LogP contribution is -2.35. The molecule has 0 spiro atoms. The first kappa shape index (κ1) is 15.4. The van der Waals surface area contributed by atoms with Gasteiger partial charge >= 0.3 is 5.97 Å². The number of aliphatic carboxylic acids is 1. The van der Waals surface area contributed by atoms with E-state index in [0.29, 0.717) is 37.0 Å². The van der Waals surface area contributed by atoms with Gasteiger partial charge in [0.2, 0.25) is 11.7 Å². The molecule has 0 bridgehead atoms. The Kier molecular flexibility index (Phi) is 4.52. The smallest absolute Gasteiger partial charge is 0.320 e. The third-order valence-electron chi connectivity index (χ3n) is 3.68. The van der Waals surface area contributed by atoms with Crippen LogP contribution in [0.15, 0.2) is 28.8 Å². The second-order valence-electron chi connectivity index (χ2n) is 5.31. The number of carboxylic acid groups (broad SMARTS) is 1. The Morgan fingerprint density at radius 1 is 1.43 bits per heavy atom. The van der Waals surface area contributed by atoms with Crippen molar-refractivity contribution >= 4 is 5.97 Å². The lowest BCUT2D eigenvalue weighted by molar-refractivity contribution is -0.142. The van der Waals surface area contributed by atoms with Crippen LogP contribution in [0.2, 0.25) is 0 Å². The molecule has 1 aliphatic rings. The van der Waals surface area contributed by atoms with Gasteiger partial charge in [-0.05, 0) is 43.7 Å². The Hall–Kier alpha value is -2.48. The van der Waals surface area contributed by atoms with E-state index in [0.717, 1.165) is 6.42 Å². The van der Waals surface area contributed by atoms with Gasteiger partial charge in [0.25, 0.3) is 0 Å². The maximum absolute atomic E-state index is 12.8. The molecule has 1 saturated heterocycles. The Bertz CT molecular complexity index is 674. The molecule has 3 rings (SSSR count). The summed E-state index contributed by atoms with van der Waals surface area (Å²) < 4.78 is 23.4. The lowest BCUT2D eigenvalue weighted by Gasteiger charge is -2.18. The molecule has 2 heterocycles. The molecule has 122 valence electrons. The minimum atomic E-state index is -0.832. The zero-order valence-electron chi connectivity index (χ0n) is 12.3. The summed E-state index contributed by atoms with van der Waals surface area (Å²) in [5, 5.41) is 12.9. The van der Waals surface area contributed by atoms with Crippen molar-refractivity contribution in [3.8, 4) is 5.75 Å². The molecule has 1 fully saturated rings. The van der Waals surface area contributed by atoms with Crippen molar-refractivity contribution in [3.63, 3.8) is 0 Å². The van der Waals surface area contributed by atoms with Crippen LogP contribution in [-0.4, -0.2) is 38.7 Å². The molecule has 0 amide bonds. The van der Waals surface area contributed by atoms with E-state index in [1.807, 2.05) is 0 Å². The predicted octanol–water partition coefficient (Wildman–Crippen LogP) is 1.84. The van der Waals surface area contributed by atoms with Crippen LogP contribution in [0.5, 0.6) is 5.75 Å². The second-order valence-corrected chi connectivity index (χ2v) is 5.31. The summed E-state index contributed by atoms with van der Waals surface area (Å²) in [6.07, 6.45) is 1.47. The van der Waals surface area contributed by atoms with Gasteiger partial charge in [-0.1, -0.05) is 5.16 Å². The Balaban J connectivity index is 1.55. The van der Waals surface area contributed by atoms with Crippen molar-refractivity contribution < 1.29 is 23.6 Å². The number of rotatable bonds is 6. The van der Waals surface area contributed by atoms with E-state index >= 15 is 0 Å². The maximum Gasteiger partial charge on any atom is 0.320 e. The van der Waals surface area contributed by atoms with Crippen molar-refractivity contribution in [2.45, 2.75) is 32.0 Å². The molecule has 1 aromatic carbocycles. The largest absolute Gasteiger partial charge is 0.485 e. The number of hydrogen-bond donors (Lipinski definition) is 1. The summed E-state index contributed by atoms with van der Waals surface area (Å²) in [5.74, 6) is 0.0502. The Morgan fingerprint density at radius 2 is 2.22 bits per heavy atom. The summed E-state index contributed by atoms with van der Waals surface area (Å²) >= 11 is 0. The monoisotopic (exact) mass is 321 g/mol. The fourth-order valence-corrected chi connectivity index (χ4v) is 2.56. The highest BCUT2D eigenvalue weighted by Crippen LogP contribution is 2.20. The number of aromatic nitrogens is 2. The molecule has 2 aromatic rings. The van der Waals surface area contributed by atoms with E-state index in [1.165, 1.54) is 24.3 Å². The number of nitrogens with zero attached hydrogens (tertiary/aromatic N) is 3. The number of halogens is 1. The van der Waals surface area contributed by atoms with Gasteiger partial charge in [0.15, 0.2) is 6.61 Å². The molecule has 1 N–H and O–H groups in total. The topological polar surface area (TPSA) is 88.7 Å². The average Bonchev–Trinajstić information content (AvgIpc) is 3.16. The van der Waals surface area contributed by atoms with Crippen LogP contribution in [0.25, 0.3) is 0 Å². The molecule has 1 atom stereocenters. The number of carboxylic acids is 1. The standard InChI is InChI=1S/C15H16FN3O4/c16-10-3-5-11(6-4-10)22-9-13-17-14(23-18-13)8-19-7-1-2-12(19)15(20)21/h3-6,12H,1-2,7-9H2,(H,20,21). The highest BCUT2D eigenvalue weighted by atomic mass is 19.1. The van der Waals surface area contributed by atoms with Gasteiger partial charge in [-0.3, -0.25) is 9.69 Å². The highest BCUT2D eigenvalue weighted by Gasteiger charge is 2.31. The van der Waals surface area contributed by atoms with Gasteiger partial charge in [-0.25, -0.2) is 4.39 Å². The summed E-state index contributed by atoms with van der Waals surface area (Å²) in [4.78, 5) is 17.1. The zero-order chi connectivity index (χ0) is 16.2. The predicted molar refractivity (Wildman–Crippen MR) is 76.1 cm³/mol. The van der Waals surface area contributed by atoms with Crippen LogP contribution < -0.4 is 4.74 Å². The van der Waals surface area contributed by atoms with Gasteiger partial charge < -0.3 is 14.4 Å². The third kappa shape index (κ3) is 3.84. The van der Waals surface area contributed by atoms with Gasteiger partial charge in [0.1, 0.15) is 17.6 Å². The van der Waals surface area contributed by atoms with Crippen molar-refractivity contribution in [1.82, 2.24) is 15.0 Å². The fourth-order valence-electron chi connectivity index (χ4n) is 2.56. The SMILES string of the molecule is O=C(O)C1CCCN1Cc1nc(COc2ccc(F)cc2)no1. The average molecular weight is 321 g/mol. The van der Waals surface area contributed by atoms with Crippen molar-refractivity contribution in [1.29, 1.82) is 0 Å². The summed E-state index contributed by atoms with van der Waals surface area (Å²) in [7, 11) is 0. The van der Waals surface area contributed by atoms with Crippen molar-refractivity contribution in [2.24, 2.45) is 0 Å². The minimum Gasteiger partial charge on any atom is -0.485 e. The van der Waals surface area contributed by atoms with Crippen LogP contribution >= 0.6 is 0 Å². The molecule has 8 heteroatoms. The normalized spacial score (nSPS) is 18.2. The molecule has 7 nitrogen and oxygen atoms in total. The molecule has 0 aliphatic carbocycles.